The van der Waals surface area contributed by atoms with Gasteiger partial charge >= 0.3 is 308 Å². The number of methoxy groups -OCH3 is 2. The zero-order valence-electron chi connectivity index (χ0n) is 9.54. The summed E-state index contributed by atoms with van der Waals surface area (Å²) in [4.78, 5) is 22.0. The summed E-state index contributed by atoms with van der Waals surface area (Å²) < 4.78 is 39.7. The number of hydrogen-bond acceptors (Lipinski definition) is 6. The molecule has 18 heteroatoms. The molecule has 0 heterocycles. The van der Waals surface area contributed by atoms with Crippen molar-refractivity contribution >= 4 is 318 Å². The van der Waals surface area contributed by atoms with Crippen molar-refractivity contribution in [2.24, 2.45) is 0 Å². The first-order valence-corrected chi connectivity index (χ1v) is 6.03. The maximum absolute atomic E-state index is 11.3. The molecule has 0 aromatic heterocycles. The SMILES string of the molecule is COC(=O)c1cc(C(=O)OC)cc(S(=O)(=O)O)c1.[NaH].[NaH].[NaH].[NaH].[NaH].[NaH].[NaH].[NaH].[NaH].[NaH]. The summed E-state index contributed by atoms with van der Waals surface area (Å²) in [6, 6.07) is 2.90. The van der Waals surface area contributed by atoms with E-state index in [0.29, 0.717) is 0 Å². The number of esters is 2. The monoisotopic (exact) mass is 514 g/mol. The maximum atomic E-state index is 11.3. The zero-order chi connectivity index (χ0) is 13.9. The summed E-state index contributed by atoms with van der Waals surface area (Å²) in [6.45, 7) is 0. The number of rotatable bonds is 3. The number of ether oxygens (including phenoxy) is 2. The van der Waals surface area contributed by atoms with Gasteiger partial charge in [0.1, 0.15) is 0 Å². The molecular weight excluding hydrogens is 494 g/mol. The van der Waals surface area contributed by atoms with Crippen LogP contribution in [0.2, 0.25) is 0 Å². The van der Waals surface area contributed by atoms with Crippen LogP contribution in [0.15, 0.2) is 23.1 Å². The summed E-state index contributed by atoms with van der Waals surface area (Å²) in [6.07, 6.45) is 0. The molecule has 0 atom stereocenters. The Morgan fingerprint density at radius 2 is 0.929 bits per heavy atom. The van der Waals surface area contributed by atoms with Crippen molar-refractivity contribution in [1.29, 1.82) is 0 Å². The van der Waals surface area contributed by atoms with E-state index < -0.39 is 27.0 Å². The van der Waals surface area contributed by atoms with Crippen molar-refractivity contribution in [2.75, 3.05) is 14.2 Å². The molecule has 1 N–H and O–H groups in total. The normalized spacial score (nSPS) is 6.96. The van der Waals surface area contributed by atoms with E-state index in [4.69, 9.17) is 4.55 Å². The molecule has 0 spiro atoms. The second-order valence-electron chi connectivity index (χ2n) is 3.20. The van der Waals surface area contributed by atoms with Crippen LogP contribution in [0.5, 0.6) is 0 Å². The third-order valence-corrected chi connectivity index (χ3v) is 2.88. The van der Waals surface area contributed by atoms with Crippen LogP contribution in [0.3, 0.4) is 0 Å². The van der Waals surface area contributed by atoms with E-state index in [1.165, 1.54) is 0 Å². The van der Waals surface area contributed by atoms with Crippen LogP contribution in [0.4, 0.5) is 0 Å². The third-order valence-electron chi connectivity index (χ3n) is 2.05. The van der Waals surface area contributed by atoms with Crippen LogP contribution < -0.4 is 0 Å². The fourth-order valence-electron chi connectivity index (χ4n) is 1.22. The Morgan fingerprint density at radius 3 is 1.11 bits per heavy atom. The van der Waals surface area contributed by atoms with Gasteiger partial charge in [-0.05, 0) is 18.2 Å². The summed E-state index contributed by atoms with van der Waals surface area (Å²) in [5.74, 6) is -1.68. The first-order valence-electron chi connectivity index (χ1n) is 4.59. The van der Waals surface area contributed by atoms with E-state index in [2.05, 4.69) is 9.47 Å². The number of benzene rings is 1. The Bertz CT molecular complexity index is 580. The van der Waals surface area contributed by atoms with Crippen LogP contribution in [0.25, 0.3) is 0 Å². The molecule has 0 amide bonds. The van der Waals surface area contributed by atoms with Gasteiger partial charge in [0.25, 0.3) is 10.1 Å². The minimum absolute atomic E-state index is 0. The number of hydrogen-bond donors (Lipinski definition) is 1. The Labute approximate surface area is 387 Å². The molecule has 1 aromatic rings. The number of carbonyl (C=O) groups is 2. The molecule has 0 saturated carbocycles. The number of carbonyl (C=O) groups excluding carboxylic acids is 2. The van der Waals surface area contributed by atoms with Gasteiger partial charge in [-0.25, -0.2) is 9.59 Å². The van der Waals surface area contributed by atoms with Crippen molar-refractivity contribution in [3.05, 3.63) is 29.3 Å². The van der Waals surface area contributed by atoms with E-state index in [0.717, 1.165) is 32.4 Å². The van der Waals surface area contributed by atoms with E-state index in [1.807, 2.05) is 0 Å². The van der Waals surface area contributed by atoms with Gasteiger partial charge < -0.3 is 9.47 Å². The van der Waals surface area contributed by atoms with E-state index in [1.54, 1.807) is 0 Å². The van der Waals surface area contributed by atoms with Crippen LogP contribution in [0.1, 0.15) is 20.7 Å². The van der Waals surface area contributed by atoms with Gasteiger partial charge in [-0.15, -0.1) is 0 Å². The molecule has 0 fully saturated rings. The molecule has 0 saturated heterocycles. The predicted octanol–water partition coefficient (Wildman–Crippen LogP) is -5.98. The van der Waals surface area contributed by atoms with Crippen LogP contribution in [-0.2, 0) is 19.6 Å². The summed E-state index contributed by atoms with van der Waals surface area (Å²) in [5, 5.41) is 0. The van der Waals surface area contributed by atoms with Crippen molar-refractivity contribution in [1.82, 2.24) is 0 Å². The van der Waals surface area contributed by atoms with E-state index in [9.17, 15) is 18.0 Å². The second kappa shape index (κ2) is 35.1. The van der Waals surface area contributed by atoms with Crippen molar-refractivity contribution in [2.45, 2.75) is 4.90 Å². The fourth-order valence-corrected chi connectivity index (χ4v) is 1.77. The third kappa shape index (κ3) is 25.7. The Balaban J connectivity index is -0.0000000405. The van der Waals surface area contributed by atoms with Gasteiger partial charge in [-0.3, -0.25) is 4.55 Å². The molecule has 1 rings (SSSR count). The molecule has 28 heavy (non-hydrogen) atoms. The quantitative estimate of drug-likeness (QED) is 0.243. The summed E-state index contributed by atoms with van der Waals surface area (Å²) in [7, 11) is -2.35. The average Bonchev–Trinajstić information content (AvgIpc) is 2.35. The van der Waals surface area contributed by atoms with Crippen molar-refractivity contribution < 1.29 is 32.0 Å². The van der Waals surface area contributed by atoms with Gasteiger partial charge in [-0.2, -0.15) is 8.42 Å². The zero-order valence-corrected chi connectivity index (χ0v) is 10.4. The van der Waals surface area contributed by atoms with Crippen molar-refractivity contribution in [3.63, 3.8) is 0 Å². The summed E-state index contributed by atoms with van der Waals surface area (Å²) in [5.41, 5.74) is -0.374. The first-order chi connectivity index (χ1) is 8.29. The Morgan fingerprint density at radius 1 is 0.679 bits per heavy atom. The molecule has 7 nitrogen and oxygen atoms in total. The minimum atomic E-state index is -4.55. The molecule has 0 radical (unpaired) electrons. The van der Waals surface area contributed by atoms with Gasteiger partial charge in [-0.1, -0.05) is 0 Å². The topological polar surface area (TPSA) is 107 Å². The van der Waals surface area contributed by atoms with Gasteiger partial charge in [0.05, 0.1) is 30.2 Å². The van der Waals surface area contributed by atoms with E-state index >= 15 is 0 Å². The van der Waals surface area contributed by atoms with Crippen molar-refractivity contribution in [3.8, 4) is 0 Å². The fraction of sp³-hybridized carbons (Fsp3) is 0.200. The molecule has 0 bridgehead atoms. The molecule has 0 unspecified atom stereocenters. The standard InChI is InChI=1S/C10H10O7S.10Na.10H/c1-16-9(11)6-3-7(10(12)17-2)5-8(4-6)18(13,14)15;;;;;;;;;;;;;;;;;;;;/h3-5H,1-2H3,(H,13,14,15);;;;;;;;;;;;;;;;;;;;. The van der Waals surface area contributed by atoms with Gasteiger partial charge in [0.2, 0.25) is 0 Å². The molecule has 118 valence electrons. The molecule has 0 aliphatic heterocycles. The Hall–Kier alpha value is 8.07. The molecular formula is C10H20Na10O7S. The van der Waals surface area contributed by atoms with Crippen LogP contribution >= 0.6 is 0 Å². The van der Waals surface area contributed by atoms with Gasteiger partial charge in [0, 0.05) is 0 Å². The average molecular weight is 514 g/mol. The molecule has 0 aliphatic carbocycles. The molecule has 1 aromatic carbocycles. The van der Waals surface area contributed by atoms with Crippen LogP contribution in [0, 0.1) is 0 Å². The Kier molecular flexibility index (Phi) is 81.8. The molecule has 0 aliphatic rings. The van der Waals surface area contributed by atoms with Gasteiger partial charge in [0.15, 0.2) is 0 Å². The van der Waals surface area contributed by atoms with Crippen LogP contribution in [-0.4, -0.2) is 335 Å². The summed E-state index contributed by atoms with van der Waals surface area (Å²) >= 11 is 0. The predicted molar refractivity (Wildman–Crippen MR) is 130 cm³/mol. The first kappa shape index (κ1) is 65.3. The second-order valence-corrected chi connectivity index (χ2v) is 4.63. The van der Waals surface area contributed by atoms with E-state index in [-0.39, 0.29) is 307 Å².